The van der Waals surface area contributed by atoms with E-state index < -0.39 is 12.0 Å². The standard InChI is InChI=1S/C8H12O3/c1-2-3-5(9)8-6(10)4-7(8)11/h5,8-9H,2-4H2,1H3. The summed E-state index contributed by atoms with van der Waals surface area (Å²) in [5.74, 6) is -0.887. The molecule has 0 aliphatic heterocycles. The summed E-state index contributed by atoms with van der Waals surface area (Å²) in [5.41, 5.74) is 0. The second-order valence-corrected chi connectivity index (χ2v) is 2.94. The zero-order chi connectivity index (χ0) is 8.43. The van der Waals surface area contributed by atoms with Crippen molar-refractivity contribution < 1.29 is 14.7 Å². The lowest BCUT2D eigenvalue weighted by molar-refractivity contribution is -0.149. The summed E-state index contributed by atoms with van der Waals surface area (Å²) in [6.45, 7) is 1.91. The number of Topliss-reactive ketones (excluding diaryl/α,β-unsaturated/α-hetero) is 2. The van der Waals surface area contributed by atoms with E-state index >= 15 is 0 Å². The summed E-state index contributed by atoms with van der Waals surface area (Å²) >= 11 is 0. The van der Waals surface area contributed by atoms with Crippen LogP contribution in [0.5, 0.6) is 0 Å². The van der Waals surface area contributed by atoms with Crippen LogP contribution >= 0.6 is 0 Å². The van der Waals surface area contributed by atoms with Gasteiger partial charge in [-0.3, -0.25) is 9.59 Å². The lowest BCUT2D eigenvalue weighted by Crippen LogP contribution is -2.45. The number of carbonyl (C=O) groups is 2. The minimum absolute atomic E-state index is 0.0332. The fraction of sp³-hybridized carbons (Fsp3) is 0.750. The van der Waals surface area contributed by atoms with Crippen molar-refractivity contribution in [1.82, 2.24) is 0 Å². The van der Waals surface area contributed by atoms with E-state index in [4.69, 9.17) is 0 Å². The Morgan fingerprint density at radius 1 is 1.55 bits per heavy atom. The highest BCUT2D eigenvalue weighted by Crippen LogP contribution is 2.24. The average molecular weight is 156 g/mol. The van der Waals surface area contributed by atoms with Crippen LogP contribution in [0.1, 0.15) is 26.2 Å². The summed E-state index contributed by atoms with van der Waals surface area (Å²) in [5, 5.41) is 9.27. The van der Waals surface area contributed by atoms with Gasteiger partial charge in [0.2, 0.25) is 0 Å². The fourth-order valence-electron chi connectivity index (χ4n) is 1.33. The highest BCUT2D eigenvalue weighted by molar-refractivity contribution is 6.21. The first kappa shape index (κ1) is 8.40. The first-order chi connectivity index (χ1) is 5.16. The van der Waals surface area contributed by atoms with Crippen LogP contribution in [0.25, 0.3) is 0 Å². The molecule has 0 aromatic rings. The molecule has 1 N–H and O–H groups in total. The lowest BCUT2D eigenvalue weighted by atomic mass is 9.77. The Morgan fingerprint density at radius 3 is 2.45 bits per heavy atom. The molecule has 1 unspecified atom stereocenters. The van der Waals surface area contributed by atoms with E-state index in [1.54, 1.807) is 0 Å². The molecule has 11 heavy (non-hydrogen) atoms. The number of ketones is 2. The zero-order valence-electron chi connectivity index (χ0n) is 6.54. The zero-order valence-corrected chi connectivity index (χ0v) is 6.54. The first-order valence-corrected chi connectivity index (χ1v) is 3.90. The maximum absolute atomic E-state index is 10.8. The molecule has 0 aromatic heterocycles. The van der Waals surface area contributed by atoms with Gasteiger partial charge in [-0.25, -0.2) is 0 Å². The van der Waals surface area contributed by atoms with Crippen molar-refractivity contribution in [1.29, 1.82) is 0 Å². The van der Waals surface area contributed by atoms with Crippen molar-refractivity contribution in [3.8, 4) is 0 Å². The molecule has 0 heterocycles. The van der Waals surface area contributed by atoms with E-state index in [9.17, 15) is 14.7 Å². The fourth-order valence-corrected chi connectivity index (χ4v) is 1.33. The van der Waals surface area contributed by atoms with Crippen LogP contribution in [-0.2, 0) is 9.59 Å². The Bertz CT molecular complexity index is 172. The van der Waals surface area contributed by atoms with Gasteiger partial charge in [0, 0.05) is 0 Å². The molecule has 1 saturated carbocycles. The number of aliphatic hydroxyl groups is 1. The predicted octanol–water partition coefficient (Wildman–Crippen LogP) is 0.305. The molecule has 0 radical (unpaired) electrons. The lowest BCUT2D eigenvalue weighted by Gasteiger charge is -2.26. The number of aliphatic hydroxyl groups excluding tert-OH is 1. The van der Waals surface area contributed by atoms with E-state index in [1.165, 1.54) is 0 Å². The van der Waals surface area contributed by atoms with Gasteiger partial charge in [0.1, 0.15) is 5.92 Å². The van der Waals surface area contributed by atoms with E-state index in [2.05, 4.69) is 0 Å². The molecule has 1 atom stereocenters. The Labute approximate surface area is 65.4 Å². The summed E-state index contributed by atoms with van der Waals surface area (Å²) in [6.07, 6.45) is 0.653. The molecule has 1 rings (SSSR count). The second-order valence-electron chi connectivity index (χ2n) is 2.94. The highest BCUT2D eigenvalue weighted by atomic mass is 16.3. The van der Waals surface area contributed by atoms with E-state index in [1.807, 2.05) is 6.92 Å². The molecule has 1 fully saturated rings. The minimum Gasteiger partial charge on any atom is -0.392 e. The third-order valence-corrected chi connectivity index (χ3v) is 2.01. The smallest absolute Gasteiger partial charge is 0.153 e. The molecule has 1 aliphatic rings. The molecule has 0 saturated heterocycles. The molecule has 62 valence electrons. The van der Waals surface area contributed by atoms with E-state index in [-0.39, 0.29) is 18.0 Å². The molecule has 3 heteroatoms. The summed E-state index contributed by atoms with van der Waals surface area (Å²) in [4.78, 5) is 21.6. The van der Waals surface area contributed by atoms with Gasteiger partial charge in [-0.2, -0.15) is 0 Å². The maximum atomic E-state index is 10.8. The average Bonchev–Trinajstić information content (AvgIpc) is 1.87. The number of carbonyl (C=O) groups excluding carboxylic acids is 2. The number of hydrogen-bond donors (Lipinski definition) is 1. The van der Waals surface area contributed by atoms with Crippen LogP contribution in [0.2, 0.25) is 0 Å². The second kappa shape index (κ2) is 3.13. The molecule has 1 aliphatic carbocycles. The largest absolute Gasteiger partial charge is 0.392 e. The van der Waals surface area contributed by atoms with Gasteiger partial charge in [-0.1, -0.05) is 13.3 Å². The molecular formula is C8H12O3. The molecule has 3 nitrogen and oxygen atoms in total. The normalized spacial score (nSPS) is 21.6. The summed E-state index contributed by atoms with van der Waals surface area (Å²) < 4.78 is 0. The van der Waals surface area contributed by atoms with Gasteiger partial charge in [-0.05, 0) is 6.42 Å². The van der Waals surface area contributed by atoms with Gasteiger partial charge in [0.25, 0.3) is 0 Å². The van der Waals surface area contributed by atoms with Crippen LogP contribution < -0.4 is 0 Å². The van der Waals surface area contributed by atoms with Crippen molar-refractivity contribution in [2.45, 2.75) is 32.3 Å². The monoisotopic (exact) mass is 156 g/mol. The van der Waals surface area contributed by atoms with E-state index in [0.29, 0.717) is 6.42 Å². The van der Waals surface area contributed by atoms with Crippen LogP contribution in [0.3, 0.4) is 0 Å². The Morgan fingerprint density at radius 2 is 2.09 bits per heavy atom. The molecule has 0 aromatic carbocycles. The Hall–Kier alpha value is -0.700. The predicted molar refractivity (Wildman–Crippen MR) is 39.0 cm³/mol. The van der Waals surface area contributed by atoms with E-state index in [0.717, 1.165) is 6.42 Å². The maximum Gasteiger partial charge on any atom is 0.153 e. The van der Waals surface area contributed by atoms with Crippen LogP contribution in [0.4, 0.5) is 0 Å². The first-order valence-electron chi connectivity index (χ1n) is 3.90. The van der Waals surface area contributed by atoms with Crippen molar-refractivity contribution in [2.75, 3.05) is 0 Å². The number of hydrogen-bond acceptors (Lipinski definition) is 3. The van der Waals surface area contributed by atoms with Gasteiger partial charge in [0.05, 0.1) is 12.5 Å². The SMILES string of the molecule is CCCC(O)C1C(=O)CC1=O. The Kier molecular flexibility index (Phi) is 2.39. The molecule has 0 spiro atoms. The van der Waals surface area contributed by atoms with Crippen molar-refractivity contribution in [3.05, 3.63) is 0 Å². The molecular weight excluding hydrogens is 144 g/mol. The molecule has 0 bridgehead atoms. The minimum atomic E-state index is -0.728. The van der Waals surface area contributed by atoms with Crippen molar-refractivity contribution in [2.24, 2.45) is 5.92 Å². The van der Waals surface area contributed by atoms with Crippen LogP contribution in [0.15, 0.2) is 0 Å². The van der Waals surface area contributed by atoms with Crippen molar-refractivity contribution in [3.63, 3.8) is 0 Å². The van der Waals surface area contributed by atoms with Gasteiger partial charge >= 0.3 is 0 Å². The highest BCUT2D eigenvalue weighted by Gasteiger charge is 2.42. The number of rotatable bonds is 3. The third-order valence-electron chi connectivity index (χ3n) is 2.01. The van der Waals surface area contributed by atoms with Crippen LogP contribution in [-0.4, -0.2) is 22.8 Å². The topological polar surface area (TPSA) is 54.4 Å². The quantitative estimate of drug-likeness (QED) is 0.598. The summed E-state index contributed by atoms with van der Waals surface area (Å²) in [7, 11) is 0. The van der Waals surface area contributed by atoms with Gasteiger partial charge in [-0.15, -0.1) is 0 Å². The third kappa shape index (κ3) is 1.48. The molecule has 0 amide bonds. The summed E-state index contributed by atoms with van der Waals surface area (Å²) in [6, 6.07) is 0. The van der Waals surface area contributed by atoms with Gasteiger partial charge in [0.15, 0.2) is 11.6 Å². The van der Waals surface area contributed by atoms with Crippen LogP contribution in [0, 0.1) is 5.92 Å². The Balaban J connectivity index is 2.46. The van der Waals surface area contributed by atoms with Crippen molar-refractivity contribution >= 4 is 11.6 Å². The van der Waals surface area contributed by atoms with Gasteiger partial charge < -0.3 is 5.11 Å².